The molecule has 7 nitrogen and oxygen atoms in total. The topological polar surface area (TPSA) is 86.4 Å². The number of rotatable bonds is 5. The van der Waals surface area contributed by atoms with Crippen LogP contribution in [-0.2, 0) is 0 Å². The van der Waals surface area contributed by atoms with Crippen molar-refractivity contribution in [2.45, 2.75) is 12.8 Å². The number of pyridine rings is 1. The normalized spacial score (nSPS) is 13.0. The first kappa shape index (κ1) is 19.4. The Morgan fingerprint density at radius 1 is 0.733 bits per heavy atom. The highest BCUT2D eigenvalue weighted by molar-refractivity contribution is 6.07. The van der Waals surface area contributed by atoms with E-state index in [1.807, 2.05) is 30.3 Å². The fourth-order valence-electron chi connectivity index (χ4n) is 3.41. The summed E-state index contributed by atoms with van der Waals surface area (Å²) in [6, 6.07) is 19.4. The number of carbonyl (C=O) groups is 2. The third kappa shape index (κ3) is 4.75. The second kappa shape index (κ2) is 9.09. The molecule has 0 saturated carbocycles. The molecule has 1 aliphatic rings. The van der Waals surface area contributed by atoms with Crippen molar-refractivity contribution in [3.05, 3.63) is 78.5 Å². The minimum absolute atomic E-state index is 0.201. The van der Waals surface area contributed by atoms with Gasteiger partial charge < -0.3 is 20.9 Å². The first-order valence-corrected chi connectivity index (χ1v) is 9.93. The van der Waals surface area contributed by atoms with Crippen LogP contribution in [0.5, 0.6) is 0 Å². The lowest BCUT2D eigenvalue weighted by Gasteiger charge is -2.19. The number of para-hydroxylation sites is 1. The van der Waals surface area contributed by atoms with Crippen LogP contribution >= 0.6 is 0 Å². The van der Waals surface area contributed by atoms with Gasteiger partial charge in [0.25, 0.3) is 5.91 Å². The van der Waals surface area contributed by atoms with Crippen molar-refractivity contribution in [1.29, 1.82) is 0 Å². The fraction of sp³-hybridized carbons (Fsp3) is 0.174. The van der Waals surface area contributed by atoms with Gasteiger partial charge in [-0.25, -0.2) is 9.78 Å². The lowest BCUT2D eigenvalue weighted by molar-refractivity contribution is 0.102. The summed E-state index contributed by atoms with van der Waals surface area (Å²) in [4.78, 5) is 31.5. The van der Waals surface area contributed by atoms with Crippen LogP contribution in [0.15, 0.2) is 72.9 Å². The smallest absolute Gasteiger partial charge is 0.323 e. The summed E-state index contributed by atoms with van der Waals surface area (Å²) in [6.45, 7) is 1.84. The molecule has 152 valence electrons. The second-order valence-corrected chi connectivity index (χ2v) is 7.05. The van der Waals surface area contributed by atoms with E-state index in [2.05, 4.69) is 25.8 Å². The van der Waals surface area contributed by atoms with Gasteiger partial charge in [0.2, 0.25) is 0 Å². The first-order valence-electron chi connectivity index (χ1n) is 9.93. The molecule has 1 fully saturated rings. The summed E-state index contributed by atoms with van der Waals surface area (Å²) in [6.07, 6.45) is 3.94. The zero-order chi connectivity index (χ0) is 20.8. The number of hydrogen-bond donors (Lipinski definition) is 3. The molecule has 0 aliphatic carbocycles. The maximum Gasteiger partial charge on any atom is 0.323 e. The van der Waals surface area contributed by atoms with Crippen LogP contribution in [0.1, 0.15) is 23.2 Å². The van der Waals surface area contributed by atoms with Gasteiger partial charge in [0.05, 0.1) is 5.56 Å². The molecule has 2 heterocycles. The highest BCUT2D eigenvalue weighted by atomic mass is 16.2. The van der Waals surface area contributed by atoms with Gasteiger partial charge in [-0.2, -0.15) is 0 Å². The SMILES string of the molecule is O=C(Nc1ccccc1)Nc1ccc(NC(=O)c2cccnc2N2CCCC2)cc1. The van der Waals surface area contributed by atoms with E-state index in [1.165, 1.54) is 0 Å². The number of aromatic nitrogens is 1. The largest absolute Gasteiger partial charge is 0.356 e. The summed E-state index contributed by atoms with van der Waals surface area (Å²) in [7, 11) is 0. The Labute approximate surface area is 175 Å². The molecule has 0 radical (unpaired) electrons. The number of hydrogen-bond acceptors (Lipinski definition) is 4. The van der Waals surface area contributed by atoms with Crippen LogP contribution in [-0.4, -0.2) is 30.0 Å². The second-order valence-electron chi connectivity index (χ2n) is 7.05. The Morgan fingerprint density at radius 2 is 1.33 bits per heavy atom. The predicted octanol–water partition coefficient (Wildman–Crippen LogP) is 4.58. The van der Waals surface area contributed by atoms with E-state index in [-0.39, 0.29) is 11.9 Å². The fourth-order valence-corrected chi connectivity index (χ4v) is 3.41. The average molecular weight is 401 g/mol. The summed E-state index contributed by atoms with van der Waals surface area (Å²) in [5.74, 6) is 0.524. The van der Waals surface area contributed by atoms with E-state index in [9.17, 15) is 9.59 Å². The van der Waals surface area contributed by atoms with Crippen LogP contribution in [0.4, 0.5) is 27.7 Å². The molecule has 0 atom stereocenters. The maximum absolute atomic E-state index is 12.8. The number of urea groups is 1. The van der Waals surface area contributed by atoms with Gasteiger partial charge in [-0.3, -0.25) is 4.79 Å². The number of amides is 3. The number of nitrogens with zero attached hydrogens (tertiary/aromatic N) is 2. The molecule has 1 aromatic heterocycles. The Bertz CT molecular complexity index is 1020. The van der Waals surface area contributed by atoms with Gasteiger partial charge in [-0.05, 0) is 61.4 Å². The molecule has 0 unspecified atom stereocenters. The van der Waals surface area contributed by atoms with Gasteiger partial charge in [0.1, 0.15) is 5.82 Å². The van der Waals surface area contributed by atoms with Gasteiger partial charge >= 0.3 is 6.03 Å². The predicted molar refractivity (Wildman–Crippen MR) is 119 cm³/mol. The molecule has 3 amide bonds. The van der Waals surface area contributed by atoms with Crippen molar-refractivity contribution in [1.82, 2.24) is 4.98 Å². The lowest BCUT2D eigenvalue weighted by Crippen LogP contribution is -2.24. The molecule has 1 aliphatic heterocycles. The van der Waals surface area contributed by atoms with Crippen molar-refractivity contribution in [2.24, 2.45) is 0 Å². The van der Waals surface area contributed by atoms with Gasteiger partial charge in [0, 0.05) is 36.3 Å². The number of benzene rings is 2. The zero-order valence-corrected chi connectivity index (χ0v) is 16.5. The van der Waals surface area contributed by atoms with Gasteiger partial charge in [-0.15, -0.1) is 0 Å². The summed E-state index contributed by atoms with van der Waals surface area (Å²) in [5, 5.41) is 8.44. The molecular weight excluding hydrogens is 378 g/mol. The minimum Gasteiger partial charge on any atom is -0.356 e. The first-order chi connectivity index (χ1) is 14.7. The molecule has 30 heavy (non-hydrogen) atoms. The Morgan fingerprint density at radius 3 is 2.00 bits per heavy atom. The molecular formula is C23H23N5O2. The van der Waals surface area contributed by atoms with E-state index >= 15 is 0 Å². The van der Waals surface area contributed by atoms with Crippen molar-refractivity contribution in [3.63, 3.8) is 0 Å². The van der Waals surface area contributed by atoms with E-state index < -0.39 is 0 Å². The molecule has 0 bridgehead atoms. The summed E-state index contributed by atoms with van der Waals surface area (Å²) in [5.41, 5.74) is 2.54. The summed E-state index contributed by atoms with van der Waals surface area (Å²) >= 11 is 0. The van der Waals surface area contributed by atoms with Crippen molar-refractivity contribution < 1.29 is 9.59 Å². The Kier molecular flexibility index (Phi) is 5.89. The minimum atomic E-state index is -0.330. The third-order valence-corrected chi connectivity index (χ3v) is 4.87. The number of anilines is 4. The highest BCUT2D eigenvalue weighted by Gasteiger charge is 2.20. The van der Waals surface area contributed by atoms with Crippen LogP contribution < -0.4 is 20.9 Å². The quantitative estimate of drug-likeness (QED) is 0.584. The van der Waals surface area contributed by atoms with Crippen LogP contribution in [0.3, 0.4) is 0 Å². The van der Waals surface area contributed by atoms with Crippen molar-refractivity contribution in [3.8, 4) is 0 Å². The Balaban J connectivity index is 1.38. The van der Waals surface area contributed by atoms with Crippen LogP contribution in [0.2, 0.25) is 0 Å². The molecule has 4 rings (SSSR count). The van der Waals surface area contributed by atoms with E-state index in [4.69, 9.17) is 0 Å². The molecule has 3 aromatic rings. The molecule has 1 saturated heterocycles. The van der Waals surface area contributed by atoms with Crippen LogP contribution in [0, 0.1) is 0 Å². The highest BCUT2D eigenvalue weighted by Crippen LogP contribution is 2.23. The Hall–Kier alpha value is -3.87. The lowest BCUT2D eigenvalue weighted by atomic mass is 10.2. The van der Waals surface area contributed by atoms with E-state index in [0.29, 0.717) is 22.6 Å². The maximum atomic E-state index is 12.8. The third-order valence-electron chi connectivity index (χ3n) is 4.87. The van der Waals surface area contributed by atoms with E-state index in [0.717, 1.165) is 31.7 Å². The molecule has 3 N–H and O–H groups in total. The van der Waals surface area contributed by atoms with Gasteiger partial charge in [0.15, 0.2) is 0 Å². The number of nitrogens with one attached hydrogen (secondary N) is 3. The van der Waals surface area contributed by atoms with Crippen LogP contribution in [0.25, 0.3) is 0 Å². The standard InChI is InChI=1S/C23H23N5O2/c29-22(20-9-6-14-24-21(20)28-15-4-5-16-28)25-18-10-12-19(13-11-18)27-23(30)26-17-7-2-1-3-8-17/h1-3,6-14H,4-5,15-16H2,(H,25,29)(H2,26,27,30). The summed E-state index contributed by atoms with van der Waals surface area (Å²) < 4.78 is 0. The van der Waals surface area contributed by atoms with Crippen molar-refractivity contribution >= 4 is 34.8 Å². The molecule has 2 aromatic carbocycles. The molecule has 0 spiro atoms. The number of carbonyl (C=O) groups excluding carboxylic acids is 2. The van der Waals surface area contributed by atoms with Gasteiger partial charge in [-0.1, -0.05) is 18.2 Å². The van der Waals surface area contributed by atoms with Crippen molar-refractivity contribution in [2.75, 3.05) is 33.9 Å². The zero-order valence-electron chi connectivity index (χ0n) is 16.5. The monoisotopic (exact) mass is 401 g/mol. The average Bonchev–Trinajstić information content (AvgIpc) is 3.30. The van der Waals surface area contributed by atoms with E-state index in [1.54, 1.807) is 42.6 Å². The molecule has 7 heteroatoms.